The average molecular weight is 427 g/mol. The lowest BCUT2D eigenvalue weighted by Gasteiger charge is -2.38. The zero-order chi connectivity index (χ0) is 19.8. The summed E-state index contributed by atoms with van der Waals surface area (Å²) < 4.78 is 7.59. The number of piperidine rings is 1. The number of hydrogen-bond donors (Lipinski definition) is 1. The Morgan fingerprint density at radius 1 is 1.10 bits per heavy atom. The highest BCUT2D eigenvalue weighted by molar-refractivity contribution is 5.99. The number of para-hydroxylation sites is 1. The predicted octanol–water partition coefficient (Wildman–Crippen LogP) is 4.08. The minimum atomic E-state index is 0. The molecule has 158 valence electrons. The van der Waals surface area contributed by atoms with Gasteiger partial charge in [0.2, 0.25) is 0 Å². The Bertz CT molecular complexity index is 1010. The van der Waals surface area contributed by atoms with E-state index in [2.05, 4.69) is 5.32 Å². The van der Waals surface area contributed by atoms with Crippen molar-refractivity contribution >= 4 is 18.3 Å². The number of rotatable bonds is 3. The summed E-state index contributed by atoms with van der Waals surface area (Å²) in [5.41, 5.74) is 2.51. The molecule has 3 aromatic rings. The molecular weight excluding hydrogens is 400 g/mol. The fourth-order valence-corrected chi connectivity index (χ4v) is 4.56. The number of nitrogens with zero attached hydrogens (tertiary/aromatic N) is 3. The molecular formula is C23H27ClN4O2. The van der Waals surface area contributed by atoms with Crippen LogP contribution in [0, 0.1) is 12.3 Å². The van der Waals surface area contributed by atoms with Gasteiger partial charge >= 0.3 is 0 Å². The van der Waals surface area contributed by atoms with Gasteiger partial charge in [-0.2, -0.15) is 5.10 Å². The zero-order valence-electron chi connectivity index (χ0n) is 17.1. The smallest absolute Gasteiger partial charge is 0.257 e. The van der Waals surface area contributed by atoms with Crippen LogP contribution in [0.15, 0.2) is 53.1 Å². The number of benzene rings is 1. The van der Waals surface area contributed by atoms with E-state index in [-0.39, 0.29) is 18.3 Å². The molecule has 5 rings (SSSR count). The first-order chi connectivity index (χ1) is 14.1. The van der Waals surface area contributed by atoms with Crippen molar-refractivity contribution in [3.05, 3.63) is 60.0 Å². The second kappa shape index (κ2) is 8.28. The van der Waals surface area contributed by atoms with E-state index in [9.17, 15) is 4.79 Å². The van der Waals surface area contributed by atoms with Crippen LogP contribution >= 0.6 is 12.4 Å². The van der Waals surface area contributed by atoms with Crippen LogP contribution in [0.1, 0.15) is 35.4 Å². The number of halogens is 1. The van der Waals surface area contributed by atoms with Gasteiger partial charge in [-0.05, 0) is 62.4 Å². The molecule has 2 saturated heterocycles. The molecule has 0 unspecified atom stereocenters. The first kappa shape index (κ1) is 20.7. The van der Waals surface area contributed by atoms with E-state index in [4.69, 9.17) is 9.52 Å². The Labute approximate surface area is 182 Å². The van der Waals surface area contributed by atoms with Gasteiger partial charge in [0.1, 0.15) is 11.5 Å². The van der Waals surface area contributed by atoms with Gasteiger partial charge in [-0.15, -0.1) is 12.4 Å². The zero-order valence-corrected chi connectivity index (χ0v) is 18.0. The van der Waals surface area contributed by atoms with E-state index in [1.165, 1.54) is 6.42 Å². The number of likely N-dealkylation sites (tertiary alicyclic amines) is 1. The second-order valence-corrected chi connectivity index (χ2v) is 8.30. The quantitative estimate of drug-likeness (QED) is 0.685. The molecule has 1 amide bonds. The largest absolute Gasteiger partial charge is 0.460 e. The molecule has 30 heavy (non-hydrogen) atoms. The number of carbonyl (C=O) groups excluding carboxylic acids is 1. The summed E-state index contributed by atoms with van der Waals surface area (Å²) >= 11 is 0. The van der Waals surface area contributed by atoms with Crippen molar-refractivity contribution < 1.29 is 9.21 Å². The van der Waals surface area contributed by atoms with Crippen LogP contribution in [0.5, 0.6) is 0 Å². The maximum atomic E-state index is 13.5. The monoisotopic (exact) mass is 426 g/mol. The fourth-order valence-electron chi connectivity index (χ4n) is 4.56. The molecule has 1 N–H and O–H groups in total. The lowest BCUT2D eigenvalue weighted by Crippen LogP contribution is -2.44. The molecule has 0 saturated carbocycles. The van der Waals surface area contributed by atoms with Crippen LogP contribution in [0.25, 0.3) is 17.1 Å². The molecule has 2 fully saturated rings. The Balaban J connectivity index is 0.00000218. The highest BCUT2D eigenvalue weighted by Gasteiger charge is 2.39. The van der Waals surface area contributed by atoms with Crippen molar-refractivity contribution in [2.75, 3.05) is 26.2 Å². The Morgan fingerprint density at radius 3 is 2.50 bits per heavy atom. The number of hydrogen-bond acceptors (Lipinski definition) is 4. The summed E-state index contributed by atoms with van der Waals surface area (Å²) in [6, 6.07) is 13.7. The molecule has 7 heteroatoms. The van der Waals surface area contributed by atoms with Gasteiger partial charge in [0.15, 0.2) is 5.76 Å². The summed E-state index contributed by atoms with van der Waals surface area (Å²) in [6.07, 6.45) is 5.19. The van der Waals surface area contributed by atoms with E-state index in [0.29, 0.717) is 22.4 Å². The summed E-state index contributed by atoms with van der Waals surface area (Å²) in [4.78, 5) is 15.4. The van der Waals surface area contributed by atoms with Crippen molar-refractivity contribution in [1.82, 2.24) is 20.0 Å². The van der Waals surface area contributed by atoms with Gasteiger partial charge in [-0.25, -0.2) is 4.68 Å². The standard InChI is InChI=1S/C23H26N4O2.ClH/c1-17-7-8-20(29-17)21-19(15-27(25-21)18-5-3-2-4-6-18)22(28)26-13-10-23(11-14-26)9-12-24-16-23;/h2-8,15,24H,9-14,16H2,1H3;1H. The third-order valence-electron chi connectivity index (χ3n) is 6.38. The van der Waals surface area contributed by atoms with Gasteiger partial charge < -0.3 is 14.6 Å². The van der Waals surface area contributed by atoms with Crippen LogP contribution in [0.4, 0.5) is 0 Å². The van der Waals surface area contributed by atoms with Crippen molar-refractivity contribution in [3.8, 4) is 17.1 Å². The minimum Gasteiger partial charge on any atom is -0.460 e. The molecule has 1 spiro atoms. The number of furan rings is 1. The molecule has 0 atom stereocenters. The highest BCUT2D eigenvalue weighted by atomic mass is 35.5. The molecule has 2 aliphatic heterocycles. The SMILES string of the molecule is Cc1ccc(-c2nn(-c3ccccc3)cc2C(=O)N2CCC3(CCNC3)CC2)o1.Cl. The van der Waals surface area contributed by atoms with E-state index in [0.717, 1.165) is 50.5 Å². The lowest BCUT2D eigenvalue weighted by molar-refractivity contribution is 0.0608. The van der Waals surface area contributed by atoms with Gasteiger partial charge in [0, 0.05) is 25.8 Å². The summed E-state index contributed by atoms with van der Waals surface area (Å²) in [5, 5.41) is 8.20. The van der Waals surface area contributed by atoms with Gasteiger partial charge in [0.25, 0.3) is 5.91 Å². The summed E-state index contributed by atoms with van der Waals surface area (Å²) in [5.74, 6) is 1.48. The average Bonchev–Trinajstić information content (AvgIpc) is 3.49. The molecule has 6 nitrogen and oxygen atoms in total. The Kier molecular flexibility index (Phi) is 5.71. The van der Waals surface area contributed by atoms with E-state index in [1.54, 1.807) is 4.68 Å². The Morgan fingerprint density at radius 2 is 1.87 bits per heavy atom. The molecule has 0 aliphatic carbocycles. The number of aromatic nitrogens is 2. The van der Waals surface area contributed by atoms with Crippen molar-refractivity contribution in [2.45, 2.75) is 26.2 Å². The molecule has 2 aromatic heterocycles. The maximum Gasteiger partial charge on any atom is 0.257 e. The van der Waals surface area contributed by atoms with Crippen LogP contribution in [0.2, 0.25) is 0 Å². The topological polar surface area (TPSA) is 63.3 Å². The van der Waals surface area contributed by atoms with Crippen molar-refractivity contribution in [1.29, 1.82) is 0 Å². The number of amides is 1. The third kappa shape index (κ3) is 3.77. The van der Waals surface area contributed by atoms with Crippen LogP contribution < -0.4 is 5.32 Å². The third-order valence-corrected chi connectivity index (χ3v) is 6.38. The number of nitrogens with one attached hydrogen (secondary N) is 1. The summed E-state index contributed by atoms with van der Waals surface area (Å²) in [6.45, 7) is 5.68. The molecule has 1 aromatic carbocycles. The normalized spacial score (nSPS) is 17.8. The van der Waals surface area contributed by atoms with Gasteiger partial charge in [0.05, 0.1) is 11.3 Å². The minimum absolute atomic E-state index is 0. The van der Waals surface area contributed by atoms with Crippen molar-refractivity contribution in [3.63, 3.8) is 0 Å². The molecule has 4 heterocycles. The van der Waals surface area contributed by atoms with E-state index >= 15 is 0 Å². The van der Waals surface area contributed by atoms with Crippen LogP contribution in [-0.2, 0) is 0 Å². The van der Waals surface area contributed by atoms with Gasteiger partial charge in [-0.3, -0.25) is 4.79 Å². The van der Waals surface area contributed by atoms with Crippen LogP contribution in [-0.4, -0.2) is 46.8 Å². The first-order valence-corrected chi connectivity index (χ1v) is 10.4. The predicted molar refractivity (Wildman–Crippen MR) is 118 cm³/mol. The maximum absolute atomic E-state index is 13.5. The molecule has 0 bridgehead atoms. The van der Waals surface area contributed by atoms with Crippen molar-refractivity contribution in [2.24, 2.45) is 5.41 Å². The fraction of sp³-hybridized carbons (Fsp3) is 0.391. The van der Waals surface area contributed by atoms with Crippen LogP contribution in [0.3, 0.4) is 0 Å². The highest BCUT2D eigenvalue weighted by Crippen LogP contribution is 2.37. The molecule has 0 radical (unpaired) electrons. The number of aryl methyl sites for hydroxylation is 1. The lowest BCUT2D eigenvalue weighted by atomic mass is 9.78. The number of carbonyl (C=O) groups is 1. The first-order valence-electron chi connectivity index (χ1n) is 10.4. The van der Waals surface area contributed by atoms with E-state index in [1.807, 2.05) is 60.5 Å². The van der Waals surface area contributed by atoms with E-state index < -0.39 is 0 Å². The summed E-state index contributed by atoms with van der Waals surface area (Å²) in [7, 11) is 0. The molecule has 2 aliphatic rings. The second-order valence-electron chi connectivity index (χ2n) is 8.30. The Hall–Kier alpha value is -2.57. The van der Waals surface area contributed by atoms with Gasteiger partial charge in [-0.1, -0.05) is 18.2 Å².